The van der Waals surface area contributed by atoms with Gasteiger partial charge in [-0.1, -0.05) is 0 Å². The summed E-state index contributed by atoms with van der Waals surface area (Å²) in [6.07, 6.45) is 1.29. The van der Waals surface area contributed by atoms with E-state index in [0.717, 1.165) is 6.07 Å². The van der Waals surface area contributed by atoms with E-state index >= 15 is 0 Å². The van der Waals surface area contributed by atoms with Crippen LogP contribution in [0.5, 0.6) is 5.75 Å². The lowest BCUT2D eigenvalue weighted by Gasteiger charge is -2.36. The highest BCUT2D eigenvalue weighted by atomic mass is 19.1. The summed E-state index contributed by atoms with van der Waals surface area (Å²) in [6, 6.07) is 0.860. The fourth-order valence-electron chi connectivity index (χ4n) is 3.66. The second kappa shape index (κ2) is 6.22. The van der Waals surface area contributed by atoms with Crippen molar-refractivity contribution in [1.82, 2.24) is 9.58 Å². The summed E-state index contributed by atoms with van der Waals surface area (Å²) in [5.41, 5.74) is -0.541. The Hall–Kier alpha value is -3.17. The summed E-state index contributed by atoms with van der Waals surface area (Å²) < 4.78 is 22.4. The number of rotatable bonds is 3. The van der Waals surface area contributed by atoms with Gasteiger partial charge in [0.05, 0.1) is 35.3 Å². The van der Waals surface area contributed by atoms with Crippen LogP contribution in [0.2, 0.25) is 0 Å². The Morgan fingerprint density at radius 1 is 1.33 bits per heavy atom. The number of nitrogens with zero attached hydrogens (tertiary/aromatic N) is 4. The van der Waals surface area contributed by atoms with Gasteiger partial charge >= 0.3 is 5.97 Å². The van der Waals surface area contributed by atoms with Gasteiger partial charge in [0.15, 0.2) is 11.6 Å². The number of carboxylic acids is 1. The lowest BCUT2D eigenvalue weighted by molar-refractivity contribution is 0.0694. The van der Waals surface area contributed by atoms with E-state index in [1.165, 1.54) is 11.2 Å². The second-order valence-electron chi connectivity index (χ2n) is 6.70. The molecule has 0 unspecified atom stereocenters. The first-order chi connectivity index (χ1) is 12.9. The summed E-state index contributed by atoms with van der Waals surface area (Å²) in [5.74, 6) is -1.79. The zero-order valence-electron chi connectivity index (χ0n) is 14.5. The highest BCUT2D eigenvalue weighted by Gasteiger charge is 2.31. The number of anilines is 1. The van der Waals surface area contributed by atoms with Gasteiger partial charge in [-0.3, -0.25) is 9.80 Å². The van der Waals surface area contributed by atoms with Crippen LogP contribution in [0, 0.1) is 10.7 Å². The smallest absolute Gasteiger partial charge is 0.341 e. The first-order valence-corrected chi connectivity index (χ1v) is 8.53. The van der Waals surface area contributed by atoms with Crippen LogP contribution < -0.4 is 15.1 Å². The van der Waals surface area contributed by atoms with Gasteiger partial charge in [0.1, 0.15) is 17.9 Å². The van der Waals surface area contributed by atoms with E-state index < -0.39 is 22.8 Å². The molecule has 2 aromatic rings. The molecule has 2 aliphatic heterocycles. The van der Waals surface area contributed by atoms with E-state index in [1.54, 1.807) is 9.47 Å². The van der Waals surface area contributed by atoms with E-state index in [0.29, 0.717) is 31.7 Å². The SMILES string of the molecule is C[C@@H]1COc2c(N3CCN(N=O)CC3)c(F)cc3c(=O)c(C(=O)O)cn1c23. The van der Waals surface area contributed by atoms with E-state index in [-0.39, 0.29) is 29.5 Å². The van der Waals surface area contributed by atoms with Gasteiger partial charge in [-0.15, -0.1) is 4.91 Å². The molecule has 0 radical (unpaired) electrons. The molecule has 1 aromatic carbocycles. The summed E-state index contributed by atoms with van der Waals surface area (Å²) in [4.78, 5) is 36.4. The van der Waals surface area contributed by atoms with Crippen molar-refractivity contribution in [3.8, 4) is 5.75 Å². The number of halogens is 1. The van der Waals surface area contributed by atoms with Gasteiger partial charge in [-0.05, 0) is 13.0 Å². The molecule has 1 fully saturated rings. The molecule has 9 nitrogen and oxygen atoms in total. The van der Waals surface area contributed by atoms with Gasteiger partial charge < -0.3 is 19.3 Å². The predicted octanol–water partition coefficient (Wildman–Crippen LogP) is 1.60. The van der Waals surface area contributed by atoms with Crippen LogP contribution in [0.3, 0.4) is 0 Å². The zero-order valence-corrected chi connectivity index (χ0v) is 14.5. The minimum Gasteiger partial charge on any atom is -0.487 e. The molecular formula is C17H17FN4O5. The molecule has 1 aromatic heterocycles. The lowest BCUT2D eigenvalue weighted by Crippen LogP contribution is -2.44. The summed E-state index contributed by atoms with van der Waals surface area (Å²) in [6.45, 7) is 3.49. The Morgan fingerprint density at radius 3 is 2.67 bits per heavy atom. The number of piperazine rings is 1. The minimum absolute atomic E-state index is 0.0223. The molecule has 142 valence electrons. The van der Waals surface area contributed by atoms with Crippen LogP contribution in [0.1, 0.15) is 23.3 Å². The van der Waals surface area contributed by atoms with Crippen LogP contribution >= 0.6 is 0 Å². The first kappa shape index (κ1) is 17.3. The molecule has 3 heterocycles. The Kier molecular flexibility index (Phi) is 3.97. The third-order valence-electron chi connectivity index (χ3n) is 5.06. The Balaban J connectivity index is 1.95. The minimum atomic E-state index is -1.35. The van der Waals surface area contributed by atoms with Gasteiger partial charge in [0.25, 0.3) is 0 Å². The van der Waals surface area contributed by atoms with E-state index in [4.69, 9.17) is 4.74 Å². The normalized spacial score (nSPS) is 19.1. The van der Waals surface area contributed by atoms with Gasteiger partial charge in [0, 0.05) is 19.3 Å². The average molecular weight is 376 g/mol. The lowest BCUT2D eigenvalue weighted by atomic mass is 10.1. The summed E-state index contributed by atoms with van der Waals surface area (Å²) in [5, 5.41) is 13.5. The number of hydrogen-bond acceptors (Lipinski definition) is 6. The van der Waals surface area contributed by atoms with Gasteiger partial charge in [0.2, 0.25) is 5.43 Å². The molecule has 0 bridgehead atoms. The molecule has 1 atom stereocenters. The largest absolute Gasteiger partial charge is 0.487 e. The number of carbonyl (C=O) groups is 1. The van der Waals surface area contributed by atoms with Crippen LogP contribution in [-0.4, -0.2) is 53.4 Å². The highest BCUT2D eigenvalue weighted by Crippen LogP contribution is 2.42. The quantitative estimate of drug-likeness (QED) is 0.811. The van der Waals surface area contributed by atoms with Crippen molar-refractivity contribution in [2.45, 2.75) is 13.0 Å². The van der Waals surface area contributed by atoms with Crippen molar-refractivity contribution in [3.05, 3.63) is 38.8 Å². The predicted molar refractivity (Wildman–Crippen MR) is 94.9 cm³/mol. The fourth-order valence-corrected chi connectivity index (χ4v) is 3.66. The molecule has 1 saturated heterocycles. The van der Waals surface area contributed by atoms with Crippen molar-refractivity contribution in [2.75, 3.05) is 37.7 Å². The van der Waals surface area contributed by atoms with Gasteiger partial charge in [-0.2, -0.15) is 0 Å². The number of pyridine rings is 1. The van der Waals surface area contributed by atoms with Crippen LogP contribution in [0.15, 0.2) is 22.3 Å². The van der Waals surface area contributed by atoms with E-state index in [1.807, 2.05) is 6.92 Å². The number of nitroso groups, excluding NO2 is 1. The standard InChI is InChI=1S/C17H17FN4O5/c1-9-8-27-16-13-10(15(23)11(17(24)25)7-22(9)13)6-12(18)14(16)20-2-4-21(19-26)5-3-20/h6-7,9H,2-5,8H2,1H3,(H,24,25)/t9-/m1/s1. The van der Waals surface area contributed by atoms with Crippen molar-refractivity contribution >= 4 is 22.6 Å². The van der Waals surface area contributed by atoms with Crippen molar-refractivity contribution in [3.63, 3.8) is 0 Å². The molecule has 0 amide bonds. The molecule has 0 spiro atoms. The number of ether oxygens (including phenoxy) is 1. The molecule has 1 N–H and O–H groups in total. The molecule has 2 aliphatic rings. The maximum absolute atomic E-state index is 15.0. The van der Waals surface area contributed by atoms with Crippen molar-refractivity contribution in [1.29, 1.82) is 0 Å². The van der Waals surface area contributed by atoms with E-state index in [2.05, 4.69) is 5.29 Å². The summed E-state index contributed by atoms with van der Waals surface area (Å²) in [7, 11) is 0. The maximum Gasteiger partial charge on any atom is 0.341 e. The van der Waals surface area contributed by atoms with E-state index in [9.17, 15) is 24.0 Å². The second-order valence-corrected chi connectivity index (χ2v) is 6.70. The number of carboxylic acid groups (broad SMARTS) is 1. The van der Waals surface area contributed by atoms with Crippen molar-refractivity contribution < 1.29 is 19.0 Å². The number of aromatic nitrogens is 1. The van der Waals surface area contributed by atoms with Gasteiger partial charge in [-0.25, -0.2) is 9.18 Å². The topological polar surface area (TPSA) is 104 Å². The van der Waals surface area contributed by atoms with Crippen LogP contribution in [0.25, 0.3) is 10.9 Å². The van der Waals surface area contributed by atoms with Crippen LogP contribution in [0.4, 0.5) is 10.1 Å². The first-order valence-electron chi connectivity index (χ1n) is 8.53. The summed E-state index contributed by atoms with van der Waals surface area (Å²) >= 11 is 0. The number of benzene rings is 1. The molecule has 0 saturated carbocycles. The monoisotopic (exact) mass is 376 g/mol. The highest BCUT2D eigenvalue weighted by molar-refractivity contribution is 5.97. The molecule has 27 heavy (non-hydrogen) atoms. The van der Waals surface area contributed by atoms with Crippen LogP contribution in [-0.2, 0) is 0 Å². The molecule has 4 rings (SSSR count). The molecular weight excluding hydrogens is 359 g/mol. The van der Waals surface area contributed by atoms with Crippen molar-refractivity contribution in [2.24, 2.45) is 5.29 Å². The maximum atomic E-state index is 15.0. The number of hydrogen-bond donors (Lipinski definition) is 1. The number of aromatic carboxylic acids is 1. The molecule has 0 aliphatic carbocycles. The Bertz CT molecular complexity index is 1010. The Labute approximate surface area is 152 Å². The third-order valence-corrected chi connectivity index (χ3v) is 5.06. The Morgan fingerprint density at radius 2 is 2.04 bits per heavy atom. The fraction of sp³-hybridized carbons (Fsp3) is 0.412. The average Bonchev–Trinajstić information content (AvgIpc) is 2.66. The third kappa shape index (κ3) is 2.59. The zero-order chi connectivity index (χ0) is 19.3. The molecule has 10 heteroatoms.